The third kappa shape index (κ3) is 6.08. The molecule has 5 nitrogen and oxygen atoms in total. The van der Waals surface area contributed by atoms with Crippen LogP contribution in [0.4, 0.5) is 11.4 Å². The summed E-state index contributed by atoms with van der Waals surface area (Å²) in [7, 11) is 1.81. The van der Waals surface area contributed by atoms with E-state index in [1.807, 2.05) is 52.9 Å². The zero-order valence-corrected chi connectivity index (χ0v) is 17.3. The van der Waals surface area contributed by atoms with Crippen LogP contribution in [-0.2, 0) is 9.59 Å². The van der Waals surface area contributed by atoms with E-state index in [0.29, 0.717) is 10.7 Å². The van der Waals surface area contributed by atoms with E-state index in [0.717, 1.165) is 32.8 Å². The molecule has 0 radical (unpaired) electrons. The summed E-state index contributed by atoms with van der Waals surface area (Å²) in [5, 5.41) is 6.26. The summed E-state index contributed by atoms with van der Waals surface area (Å²) in [4.78, 5) is 25.4. The molecule has 2 aromatic carbocycles. The van der Waals surface area contributed by atoms with Crippen LogP contribution in [0.3, 0.4) is 0 Å². The first-order valence-corrected chi connectivity index (χ1v) is 9.28. The molecule has 0 aliphatic carbocycles. The summed E-state index contributed by atoms with van der Waals surface area (Å²) in [5.74, 6) is -0.308. The molecule has 1 unspecified atom stereocenters. The monoisotopic (exact) mass is 388 g/mol. The van der Waals surface area contributed by atoms with Crippen LogP contribution in [0.1, 0.15) is 22.3 Å². The molecule has 0 aliphatic rings. The van der Waals surface area contributed by atoms with Crippen molar-refractivity contribution in [3.8, 4) is 0 Å². The van der Waals surface area contributed by atoms with Gasteiger partial charge in [0.15, 0.2) is 13.1 Å². The summed E-state index contributed by atoms with van der Waals surface area (Å²) in [5.41, 5.74) is 5.68. The van der Waals surface area contributed by atoms with Gasteiger partial charge in [-0.2, -0.15) is 0 Å². The van der Waals surface area contributed by atoms with Gasteiger partial charge in [-0.1, -0.05) is 35.4 Å². The maximum Gasteiger partial charge on any atom is 0.279 e. The van der Waals surface area contributed by atoms with Crippen LogP contribution in [-0.4, -0.2) is 32.0 Å². The van der Waals surface area contributed by atoms with E-state index >= 15 is 0 Å². The molecular formula is C21H27ClN3O2+. The van der Waals surface area contributed by atoms with Gasteiger partial charge in [-0.05, 0) is 56.5 Å². The number of halogens is 1. The molecule has 0 saturated heterocycles. The lowest BCUT2D eigenvalue weighted by molar-refractivity contribution is -0.862. The van der Waals surface area contributed by atoms with E-state index < -0.39 is 0 Å². The summed E-state index contributed by atoms with van der Waals surface area (Å²) in [6, 6.07) is 9.54. The third-order valence-electron chi connectivity index (χ3n) is 4.26. The first kappa shape index (κ1) is 20.9. The Kier molecular flexibility index (Phi) is 6.99. The number of aryl methyl sites for hydroxylation is 4. The lowest BCUT2D eigenvalue weighted by Gasteiger charge is -2.16. The number of benzene rings is 2. The molecule has 2 aromatic rings. The molecule has 2 rings (SSSR count). The Hall–Kier alpha value is -2.37. The average molecular weight is 389 g/mol. The van der Waals surface area contributed by atoms with Crippen LogP contribution >= 0.6 is 11.6 Å². The summed E-state index contributed by atoms with van der Waals surface area (Å²) >= 11 is 6.14. The quantitative estimate of drug-likeness (QED) is 0.712. The fourth-order valence-corrected chi connectivity index (χ4v) is 3.37. The SMILES string of the molecule is Cc1cc(C)c(NC(=O)C[NH+](C)CC(=O)Nc2ccc(C)cc2Cl)c(C)c1. The Morgan fingerprint density at radius 1 is 0.889 bits per heavy atom. The van der Waals surface area contributed by atoms with Gasteiger partial charge in [0.25, 0.3) is 11.8 Å². The molecule has 0 heterocycles. The predicted molar refractivity (Wildman–Crippen MR) is 111 cm³/mol. The first-order chi connectivity index (χ1) is 12.7. The van der Waals surface area contributed by atoms with Crippen molar-refractivity contribution in [1.82, 2.24) is 0 Å². The van der Waals surface area contributed by atoms with E-state index in [1.54, 1.807) is 12.1 Å². The Bertz CT molecular complexity index is 841. The van der Waals surface area contributed by atoms with Crippen LogP contribution in [0.25, 0.3) is 0 Å². The van der Waals surface area contributed by atoms with Gasteiger partial charge in [-0.25, -0.2) is 0 Å². The molecule has 27 heavy (non-hydrogen) atoms. The minimum Gasteiger partial charge on any atom is -0.322 e. The van der Waals surface area contributed by atoms with Crippen molar-refractivity contribution in [3.05, 3.63) is 57.6 Å². The van der Waals surface area contributed by atoms with E-state index in [1.165, 1.54) is 0 Å². The number of hydrogen-bond donors (Lipinski definition) is 3. The average Bonchev–Trinajstić information content (AvgIpc) is 2.53. The smallest absolute Gasteiger partial charge is 0.279 e. The number of hydrogen-bond acceptors (Lipinski definition) is 2. The fourth-order valence-electron chi connectivity index (χ4n) is 3.09. The Morgan fingerprint density at radius 2 is 1.44 bits per heavy atom. The number of carbonyl (C=O) groups is 2. The number of quaternary nitrogens is 1. The molecule has 2 amide bonds. The minimum absolute atomic E-state index is 0.122. The lowest BCUT2D eigenvalue weighted by Crippen LogP contribution is -3.11. The van der Waals surface area contributed by atoms with Gasteiger partial charge in [-0.15, -0.1) is 0 Å². The maximum absolute atomic E-state index is 12.4. The fraction of sp³-hybridized carbons (Fsp3) is 0.333. The zero-order chi connectivity index (χ0) is 20.1. The Labute approximate surface area is 165 Å². The Balaban J connectivity index is 1.90. The Morgan fingerprint density at radius 3 is 2.00 bits per heavy atom. The number of amides is 2. The van der Waals surface area contributed by atoms with Crippen molar-refractivity contribution < 1.29 is 14.5 Å². The molecule has 0 saturated carbocycles. The number of nitrogens with one attached hydrogen (secondary N) is 3. The van der Waals surface area contributed by atoms with Crippen LogP contribution < -0.4 is 15.5 Å². The number of anilines is 2. The highest BCUT2D eigenvalue weighted by molar-refractivity contribution is 6.33. The number of likely N-dealkylation sites (N-methyl/N-ethyl adjacent to an activating group) is 1. The van der Waals surface area contributed by atoms with Crippen molar-refractivity contribution in [1.29, 1.82) is 0 Å². The molecule has 0 spiro atoms. The molecule has 0 fully saturated rings. The van der Waals surface area contributed by atoms with Gasteiger partial charge in [0.2, 0.25) is 0 Å². The highest BCUT2D eigenvalue weighted by Gasteiger charge is 2.16. The summed E-state index contributed by atoms with van der Waals surface area (Å²) in [6.45, 7) is 8.29. The van der Waals surface area contributed by atoms with Gasteiger partial charge in [0.1, 0.15) is 0 Å². The molecule has 0 aromatic heterocycles. The molecular weight excluding hydrogens is 362 g/mol. The second kappa shape index (κ2) is 9.02. The van der Waals surface area contributed by atoms with Crippen LogP contribution in [0.2, 0.25) is 5.02 Å². The van der Waals surface area contributed by atoms with Gasteiger partial charge >= 0.3 is 0 Å². The van der Waals surface area contributed by atoms with Gasteiger partial charge in [0.05, 0.1) is 17.8 Å². The van der Waals surface area contributed by atoms with Crippen LogP contribution in [0.5, 0.6) is 0 Å². The second-order valence-electron chi connectivity index (χ2n) is 7.16. The van der Waals surface area contributed by atoms with Gasteiger partial charge in [0, 0.05) is 5.69 Å². The third-order valence-corrected chi connectivity index (χ3v) is 4.58. The largest absolute Gasteiger partial charge is 0.322 e. The van der Waals surface area contributed by atoms with Crippen molar-refractivity contribution >= 4 is 34.8 Å². The van der Waals surface area contributed by atoms with Crippen molar-refractivity contribution in [3.63, 3.8) is 0 Å². The predicted octanol–water partition coefficient (Wildman–Crippen LogP) is 2.67. The standard InChI is InChI=1S/C21H26ClN3O2/c1-13-6-7-18(17(22)10-13)23-19(26)11-25(5)12-20(27)24-21-15(3)8-14(2)9-16(21)4/h6-10H,11-12H2,1-5H3,(H,23,26)(H,24,27)/p+1. The zero-order valence-electron chi connectivity index (χ0n) is 16.5. The highest BCUT2D eigenvalue weighted by atomic mass is 35.5. The highest BCUT2D eigenvalue weighted by Crippen LogP contribution is 2.22. The lowest BCUT2D eigenvalue weighted by atomic mass is 10.1. The van der Waals surface area contributed by atoms with Crippen molar-refractivity contribution in [2.75, 3.05) is 30.8 Å². The number of rotatable bonds is 6. The molecule has 3 N–H and O–H groups in total. The molecule has 144 valence electrons. The van der Waals surface area contributed by atoms with Crippen molar-refractivity contribution in [2.45, 2.75) is 27.7 Å². The van der Waals surface area contributed by atoms with Crippen molar-refractivity contribution in [2.24, 2.45) is 0 Å². The molecule has 0 bridgehead atoms. The molecule has 6 heteroatoms. The topological polar surface area (TPSA) is 62.6 Å². The van der Waals surface area contributed by atoms with Crippen LogP contribution in [0.15, 0.2) is 30.3 Å². The second-order valence-corrected chi connectivity index (χ2v) is 7.57. The summed E-state index contributed by atoms with van der Waals surface area (Å²) in [6.07, 6.45) is 0. The minimum atomic E-state index is -0.186. The normalized spacial score (nSPS) is 11.8. The number of carbonyl (C=O) groups excluding carboxylic acids is 2. The molecule has 1 atom stereocenters. The summed E-state index contributed by atoms with van der Waals surface area (Å²) < 4.78 is 0. The van der Waals surface area contributed by atoms with E-state index in [4.69, 9.17) is 11.6 Å². The maximum atomic E-state index is 12.4. The van der Waals surface area contributed by atoms with E-state index in [2.05, 4.69) is 10.6 Å². The van der Waals surface area contributed by atoms with Gasteiger partial charge in [-0.3, -0.25) is 9.59 Å². The van der Waals surface area contributed by atoms with E-state index in [9.17, 15) is 9.59 Å². The van der Waals surface area contributed by atoms with E-state index in [-0.39, 0.29) is 24.9 Å². The van der Waals surface area contributed by atoms with Crippen LogP contribution in [0, 0.1) is 27.7 Å². The molecule has 0 aliphatic heterocycles. The van der Waals surface area contributed by atoms with Gasteiger partial charge < -0.3 is 15.5 Å². The first-order valence-electron chi connectivity index (χ1n) is 8.90.